The maximum atomic E-state index is 12.8. The van der Waals surface area contributed by atoms with E-state index in [2.05, 4.69) is 4.98 Å². The van der Waals surface area contributed by atoms with E-state index < -0.39 is 0 Å². The minimum Gasteiger partial charge on any atom is -0.392 e. The number of aliphatic hydroxyl groups excluding tert-OH is 1. The highest BCUT2D eigenvalue weighted by molar-refractivity contribution is 6.30. The molecular formula is C10H7ClFNO. The maximum Gasteiger partial charge on any atom is 0.135 e. The van der Waals surface area contributed by atoms with Crippen molar-refractivity contribution >= 4 is 22.5 Å². The van der Waals surface area contributed by atoms with E-state index in [0.717, 1.165) is 0 Å². The van der Waals surface area contributed by atoms with E-state index in [9.17, 15) is 4.39 Å². The molecule has 2 aromatic rings. The number of rotatable bonds is 1. The van der Waals surface area contributed by atoms with E-state index in [1.807, 2.05) is 0 Å². The molecule has 0 fully saturated rings. The molecule has 0 saturated heterocycles. The number of aliphatic hydroxyl groups is 1. The molecular weight excluding hydrogens is 205 g/mol. The highest BCUT2D eigenvalue weighted by Crippen LogP contribution is 2.21. The van der Waals surface area contributed by atoms with E-state index in [1.54, 1.807) is 12.1 Å². The van der Waals surface area contributed by atoms with Gasteiger partial charge in [0.25, 0.3) is 0 Å². The van der Waals surface area contributed by atoms with Crippen molar-refractivity contribution in [1.82, 2.24) is 4.98 Å². The molecule has 1 N–H and O–H groups in total. The van der Waals surface area contributed by atoms with Crippen molar-refractivity contribution in [2.75, 3.05) is 0 Å². The van der Waals surface area contributed by atoms with Crippen LogP contribution in [0.3, 0.4) is 0 Å². The Morgan fingerprint density at radius 3 is 2.86 bits per heavy atom. The third kappa shape index (κ3) is 1.56. The molecule has 2 rings (SSSR count). The molecule has 1 aromatic carbocycles. The lowest BCUT2D eigenvalue weighted by Crippen LogP contribution is -1.90. The second-order valence-electron chi connectivity index (χ2n) is 2.93. The van der Waals surface area contributed by atoms with Gasteiger partial charge in [-0.3, -0.25) is 0 Å². The number of nitrogens with zero attached hydrogens (tertiary/aromatic N) is 1. The Hall–Kier alpha value is -1.19. The lowest BCUT2D eigenvalue weighted by atomic mass is 10.1. The topological polar surface area (TPSA) is 33.1 Å². The van der Waals surface area contributed by atoms with Gasteiger partial charge in [0.05, 0.1) is 12.1 Å². The maximum absolute atomic E-state index is 12.8. The Morgan fingerprint density at radius 1 is 1.36 bits per heavy atom. The summed E-state index contributed by atoms with van der Waals surface area (Å²) in [6.07, 6.45) is 0. The highest BCUT2D eigenvalue weighted by Gasteiger charge is 2.04. The number of pyridine rings is 1. The molecule has 0 aliphatic carbocycles. The van der Waals surface area contributed by atoms with Gasteiger partial charge in [-0.25, -0.2) is 9.37 Å². The van der Waals surface area contributed by atoms with Crippen molar-refractivity contribution < 1.29 is 9.50 Å². The smallest absolute Gasteiger partial charge is 0.135 e. The lowest BCUT2D eigenvalue weighted by molar-refractivity contribution is 0.281. The van der Waals surface area contributed by atoms with Gasteiger partial charge in [-0.1, -0.05) is 11.6 Å². The van der Waals surface area contributed by atoms with Gasteiger partial charge in [0.1, 0.15) is 11.0 Å². The number of fused-ring (bicyclic) bond motifs is 1. The van der Waals surface area contributed by atoms with Crippen molar-refractivity contribution in [1.29, 1.82) is 0 Å². The zero-order valence-corrected chi connectivity index (χ0v) is 7.92. The fourth-order valence-corrected chi connectivity index (χ4v) is 1.48. The third-order valence-electron chi connectivity index (χ3n) is 1.97. The largest absolute Gasteiger partial charge is 0.392 e. The summed E-state index contributed by atoms with van der Waals surface area (Å²) in [4.78, 5) is 4.03. The Balaban J connectivity index is 2.73. The van der Waals surface area contributed by atoms with Crippen LogP contribution in [-0.4, -0.2) is 10.1 Å². The average Bonchev–Trinajstić information content (AvgIpc) is 2.17. The number of hydrogen-bond acceptors (Lipinski definition) is 2. The van der Waals surface area contributed by atoms with Gasteiger partial charge >= 0.3 is 0 Å². The van der Waals surface area contributed by atoms with Gasteiger partial charge in [0.15, 0.2) is 0 Å². The summed E-state index contributed by atoms with van der Waals surface area (Å²) in [5, 5.41) is 9.82. The normalized spacial score (nSPS) is 10.8. The number of benzene rings is 1. The summed E-state index contributed by atoms with van der Waals surface area (Å²) in [6, 6.07) is 5.87. The van der Waals surface area contributed by atoms with Crippen LogP contribution < -0.4 is 0 Å². The van der Waals surface area contributed by atoms with E-state index in [-0.39, 0.29) is 17.6 Å². The summed E-state index contributed by atoms with van der Waals surface area (Å²) in [5.74, 6) is -0.328. The molecule has 72 valence electrons. The first-order valence-electron chi connectivity index (χ1n) is 4.06. The Bertz CT molecular complexity index is 487. The van der Waals surface area contributed by atoms with Gasteiger partial charge in [-0.05, 0) is 24.3 Å². The van der Waals surface area contributed by atoms with Gasteiger partial charge in [-0.2, -0.15) is 0 Å². The molecule has 2 nitrogen and oxygen atoms in total. The molecule has 0 aliphatic heterocycles. The fourth-order valence-electron chi connectivity index (χ4n) is 1.28. The van der Waals surface area contributed by atoms with Crippen LogP contribution >= 0.6 is 11.6 Å². The van der Waals surface area contributed by atoms with Crippen LogP contribution in [0.5, 0.6) is 0 Å². The lowest BCUT2D eigenvalue weighted by Gasteiger charge is -2.02. The summed E-state index contributed by atoms with van der Waals surface area (Å²) in [6.45, 7) is -0.196. The molecule has 14 heavy (non-hydrogen) atoms. The quantitative estimate of drug-likeness (QED) is 0.736. The SMILES string of the molecule is OCc1cc2cc(F)ccc2nc1Cl. The van der Waals surface area contributed by atoms with Crippen LogP contribution in [0.2, 0.25) is 5.15 Å². The van der Waals surface area contributed by atoms with E-state index >= 15 is 0 Å². The van der Waals surface area contributed by atoms with Crippen LogP contribution in [-0.2, 0) is 6.61 Å². The van der Waals surface area contributed by atoms with Crippen LogP contribution in [0.4, 0.5) is 4.39 Å². The summed E-state index contributed by atoms with van der Waals surface area (Å²) in [5.41, 5.74) is 1.12. The van der Waals surface area contributed by atoms with Gasteiger partial charge in [-0.15, -0.1) is 0 Å². The minimum absolute atomic E-state index is 0.196. The monoisotopic (exact) mass is 211 g/mol. The van der Waals surface area contributed by atoms with E-state index in [0.29, 0.717) is 16.5 Å². The van der Waals surface area contributed by atoms with Crippen molar-refractivity contribution in [3.8, 4) is 0 Å². The summed E-state index contributed by atoms with van der Waals surface area (Å²) in [7, 11) is 0. The molecule has 0 unspecified atom stereocenters. The van der Waals surface area contributed by atoms with Crippen LogP contribution in [0.25, 0.3) is 10.9 Å². The molecule has 0 aliphatic rings. The first-order valence-corrected chi connectivity index (χ1v) is 4.44. The Kier molecular flexibility index (Phi) is 2.35. The molecule has 1 aromatic heterocycles. The van der Waals surface area contributed by atoms with Gasteiger partial charge in [0, 0.05) is 10.9 Å². The second kappa shape index (κ2) is 3.52. The van der Waals surface area contributed by atoms with Crippen molar-refractivity contribution in [2.45, 2.75) is 6.61 Å². The second-order valence-corrected chi connectivity index (χ2v) is 3.29. The Labute approximate surface area is 85.0 Å². The number of halogens is 2. The van der Waals surface area contributed by atoms with E-state index in [4.69, 9.17) is 16.7 Å². The van der Waals surface area contributed by atoms with Crippen molar-refractivity contribution in [2.24, 2.45) is 0 Å². The minimum atomic E-state index is -0.328. The van der Waals surface area contributed by atoms with Gasteiger partial charge < -0.3 is 5.11 Å². The molecule has 0 spiro atoms. The first kappa shape index (κ1) is 9.37. The number of aromatic nitrogens is 1. The molecule has 4 heteroatoms. The predicted molar refractivity (Wildman–Crippen MR) is 52.6 cm³/mol. The van der Waals surface area contributed by atoms with Crippen LogP contribution in [0.15, 0.2) is 24.3 Å². The zero-order chi connectivity index (χ0) is 10.1. The molecule has 0 atom stereocenters. The first-order chi connectivity index (χ1) is 6.70. The third-order valence-corrected chi connectivity index (χ3v) is 2.30. The molecule has 0 radical (unpaired) electrons. The molecule has 0 amide bonds. The zero-order valence-electron chi connectivity index (χ0n) is 7.17. The number of hydrogen-bond donors (Lipinski definition) is 1. The average molecular weight is 212 g/mol. The summed E-state index contributed by atoms with van der Waals surface area (Å²) < 4.78 is 12.8. The van der Waals surface area contributed by atoms with Gasteiger partial charge in [0.2, 0.25) is 0 Å². The Morgan fingerprint density at radius 2 is 2.14 bits per heavy atom. The van der Waals surface area contributed by atoms with E-state index in [1.165, 1.54) is 12.1 Å². The summed E-state index contributed by atoms with van der Waals surface area (Å²) >= 11 is 5.78. The fraction of sp³-hybridized carbons (Fsp3) is 0.100. The molecule has 1 heterocycles. The predicted octanol–water partition coefficient (Wildman–Crippen LogP) is 2.52. The van der Waals surface area contributed by atoms with Crippen molar-refractivity contribution in [3.63, 3.8) is 0 Å². The van der Waals surface area contributed by atoms with Crippen LogP contribution in [0.1, 0.15) is 5.56 Å². The highest BCUT2D eigenvalue weighted by atomic mass is 35.5. The van der Waals surface area contributed by atoms with Crippen LogP contribution in [0, 0.1) is 5.82 Å². The van der Waals surface area contributed by atoms with Crippen molar-refractivity contribution in [3.05, 3.63) is 40.8 Å². The molecule has 0 saturated carbocycles. The molecule has 0 bridgehead atoms. The standard InChI is InChI=1S/C10H7ClFNO/c11-10-7(5-14)3-6-4-8(12)1-2-9(6)13-10/h1-4,14H,5H2.